The molecule has 0 fully saturated rings. The first kappa shape index (κ1) is 14.6. The highest BCUT2D eigenvalue weighted by atomic mass is 16.4. The lowest BCUT2D eigenvalue weighted by atomic mass is 9.81. The van der Waals surface area contributed by atoms with E-state index in [9.17, 15) is 9.90 Å². The number of carboxylic acid groups (broad SMARTS) is 1. The summed E-state index contributed by atoms with van der Waals surface area (Å²) in [6, 6.07) is 5.47. The van der Waals surface area contributed by atoms with Crippen LogP contribution >= 0.6 is 0 Å². The van der Waals surface area contributed by atoms with Crippen LogP contribution in [0.15, 0.2) is 18.2 Å². The van der Waals surface area contributed by atoms with E-state index in [1.807, 2.05) is 19.1 Å². The SMILES string of the molecule is Cc1ccc(NCC(C)(C)C(C)C)c(C(=O)O)c1. The molecule has 100 valence electrons. The molecule has 0 aliphatic rings. The van der Waals surface area contributed by atoms with E-state index >= 15 is 0 Å². The predicted octanol–water partition coefficient (Wildman–Crippen LogP) is 3.79. The Labute approximate surface area is 109 Å². The van der Waals surface area contributed by atoms with Crippen molar-refractivity contribution >= 4 is 11.7 Å². The topological polar surface area (TPSA) is 49.3 Å². The normalized spacial score (nSPS) is 11.7. The molecule has 0 saturated heterocycles. The first-order valence-corrected chi connectivity index (χ1v) is 6.32. The monoisotopic (exact) mass is 249 g/mol. The number of aryl methyl sites for hydroxylation is 1. The smallest absolute Gasteiger partial charge is 0.337 e. The second-order valence-corrected chi connectivity index (χ2v) is 5.85. The number of anilines is 1. The first-order valence-electron chi connectivity index (χ1n) is 6.32. The molecular formula is C15H23NO2. The summed E-state index contributed by atoms with van der Waals surface area (Å²) in [5.41, 5.74) is 2.12. The van der Waals surface area contributed by atoms with Crippen LogP contribution in [0.2, 0.25) is 0 Å². The number of hydrogen-bond acceptors (Lipinski definition) is 2. The fourth-order valence-corrected chi connectivity index (χ4v) is 1.52. The fourth-order valence-electron chi connectivity index (χ4n) is 1.52. The molecule has 3 nitrogen and oxygen atoms in total. The number of rotatable bonds is 5. The molecule has 0 bridgehead atoms. The van der Waals surface area contributed by atoms with Crippen molar-refractivity contribution in [3.05, 3.63) is 29.3 Å². The van der Waals surface area contributed by atoms with Crippen molar-refractivity contribution in [2.75, 3.05) is 11.9 Å². The Hall–Kier alpha value is -1.51. The Morgan fingerprint density at radius 3 is 2.50 bits per heavy atom. The predicted molar refractivity (Wildman–Crippen MR) is 75.2 cm³/mol. The van der Waals surface area contributed by atoms with Crippen LogP contribution in [0.3, 0.4) is 0 Å². The van der Waals surface area contributed by atoms with E-state index in [2.05, 4.69) is 33.0 Å². The van der Waals surface area contributed by atoms with Gasteiger partial charge >= 0.3 is 5.97 Å². The van der Waals surface area contributed by atoms with Gasteiger partial charge in [-0.15, -0.1) is 0 Å². The minimum atomic E-state index is -0.886. The van der Waals surface area contributed by atoms with E-state index in [1.165, 1.54) is 0 Å². The molecule has 1 aromatic rings. The van der Waals surface area contributed by atoms with Crippen LogP contribution in [0, 0.1) is 18.3 Å². The lowest BCUT2D eigenvalue weighted by molar-refractivity contribution is 0.0697. The minimum absolute atomic E-state index is 0.126. The Morgan fingerprint density at radius 1 is 1.39 bits per heavy atom. The number of hydrogen-bond donors (Lipinski definition) is 2. The molecule has 2 N–H and O–H groups in total. The highest BCUT2D eigenvalue weighted by Gasteiger charge is 2.22. The largest absolute Gasteiger partial charge is 0.478 e. The molecule has 0 aliphatic heterocycles. The van der Waals surface area contributed by atoms with Crippen LogP contribution in [0.4, 0.5) is 5.69 Å². The molecular weight excluding hydrogens is 226 g/mol. The van der Waals surface area contributed by atoms with Crippen molar-refractivity contribution in [3.63, 3.8) is 0 Å². The minimum Gasteiger partial charge on any atom is -0.478 e. The lowest BCUT2D eigenvalue weighted by Gasteiger charge is -2.30. The fraction of sp³-hybridized carbons (Fsp3) is 0.533. The van der Waals surface area contributed by atoms with Crippen LogP contribution in [0.5, 0.6) is 0 Å². The maximum absolute atomic E-state index is 11.2. The molecule has 1 rings (SSSR count). The zero-order chi connectivity index (χ0) is 13.9. The summed E-state index contributed by atoms with van der Waals surface area (Å²) in [6.45, 7) is 11.4. The van der Waals surface area contributed by atoms with E-state index in [-0.39, 0.29) is 5.41 Å². The molecule has 0 atom stereocenters. The van der Waals surface area contributed by atoms with Crippen molar-refractivity contribution in [1.29, 1.82) is 0 Å². The molecule has 0 aromatic heterocycles. The highest BCUT2D eigenvalue weighted by Crippen LogP contribution is 2.27. The molecule has 0 spiro atoms. The van der Waals surface area contributed by atoms with Gasteiger partial charge in [0.05, 0.1) is 5.56 Å². The van der Waals surface area contributed by atoms with E-state index < -0.39 is 5.97 Å². The molecule has 18 heavy (non-hydrogen) atoms. The van der Waals surface area contributed by atoms with E-state index in [4.69, 9.17) is 0 Å². The zero-order valence-electron chi connectivity index (χ0n) is 11.9. The molecule has 0 unspecified atom stereocenters. The quantitative estimate of drug-likeness (QED) is 0.834. The number of aromatic carboxylic acids is 1. The molecule has 0 radical (unpaired) electrons. The Bertz CT molecular complexity index is 436. The third-order valence-corrected chi connectivity index (χ3v) is 3.70. The van der Waals surface area contributed by atoms with Gasteiger partial charge in [0, 0.05) is 12.2 Å². The Morgan fingerprint density at radius 2 is 2.00 bits per heavy atom. The maximum atomic E-state index is 11.2. The summed E-state index contributed by atoms with van der Waals surface area (Å²) in [7, 11) is 0. The number of nitrogens with one attached hydrogen (secondary N) is 1. The third-order valence-electron chi connectivity index (χ3n) is 3.70. The van der Waals surface area contributed by atoms with Crippen LogP contribution in [0.1, 0.15) is 43.6 Å². The van der Waals surface area contributed by atoms with Gasteiger partial charge in [-0.2, -0.15) is 0 Å². The van der Waals surface area contributed by atoms with Crippen molar-refractivity contribution < 1.29 is 9.90 Å². The van der Waals surface area contributed by atoms with E-state index in [0.717, 1.165) is 12.1 Å². The summed E-state index contributed by atoms with van der Waals surface area (Å²) in [6.07, 6.45) is 0. The summed E-state index contributed by atoms with van der Waals surface area (Å²) in [4.78, 5) is 11.2. The molecule has 0 saturated carbocycles. The van der Waals surface area contributed by atoms with Gasteiger partial charge in [-0.1, -0.05) is 39.3 Å². The van der Waals surface area contributed by atoms with Crippen LogP contribution in [0.25, 0.3) is 0 Å². The second kappa shape index (κ2) is 5.42. The summed E-state index contributed by atoms with van der Waals surface area (Å²) in [5.74, 6) is -0.354. The third kappa shape index (κ3) is 3.49. The molecule has 3 heteroatoms. The molecule has 0 amide bonds. The summed E-state index contributed by atoms with van der Waals surface area (Å²) < 4.78 is 0. The van der Waals surface area contributed by atoms with Crippen LogP contribution in [-0.2, 0) is 0 Å². The molecule has 0 heterocycles. The van der Waals surface area contributed by atoms with Gasteiger partial charge in [-0.3, -0.25) is 0 Å². The van der Waals surface area contributed by atoms with Crippen molar-refractivity contribution in [3.8, 4) is 0 Å². The van der Waals surface area contributed by atoms with Crippen molar-refractivity contribution in [2.45, 2.75) is 34.6 Å². The maximum Gasteiger partial charge on any atom is 0.337 e. The summed E-state index contributed by atoms with van der Waals surface area (Å²) in [5, 5.41) is 12.5. The molecule has 0 aliphatic carbocycles. The Balaban J connectivity index is 2.89. The van der Waals surface area contributed by atoms with Gasteiger partial charge in [0.15, 0.2) is 0 Å². The Kier molecular flexibility index (Phi) is 4.38. The van der Waals surface area contributed by atoms with Gasteiger partial charge in [0.1, 0.15) is 0 Å². The number of benzene rings is 1. The number of carbonyl (C=O) groups is 1. The first-order chi connectivity index (χ1) is 8.24. The van der Waals surface area contributed by atoms with Gasteiger partial charge < -0.3 is 10.4 Å². The van der Waals surface area contributed by atoms with Crippen molar-refractivity contribution in [2.24, 2.45) is 11.3 Å². The van der Waals surface area contributed by atoms with Crippen LogP contribution < -0.4 is 5.32 Å². The average molecular weight is 249 g/mol. The van der Waals surface area contributed by atoms with Crippen molar-refractivity contribution in [1.82, 2.24) is 0 Å². The van der Waals surface area contributed by atoms with Gasteiger partial charge in [-0.05, 0) is 30.4 Å². The van der Waals surface area contributed by atoms with Crippen LogP contribution in [-0.4, -0.2) is 17.6 Å². The van der Waals surface area contributed by atoms with Gasteiger partial charge in [0.25, 0.3) is 0 Å². The van der Waals surface area contributed by atoms with Gasteiger partial charge in [0.2, 0.25) is 0 Å². The van der Waals surface area contributed by atoms with E-state index in [1.54, 1.807) is 6.07 Å². The van der Waals surface area contributed by atoms with E-state index in [0.29, 0.717) is 17.2 Å². The standard InChI is InChI=1S/C15H23NO2/c1-10(2)15(4,5)9-16-13-7-6-11(3)8-12(13)14(17)18/h6-8,10,16H,9H2,1-5H3,(H,17,18). The zero-order valence-corrected chi connectivity index (χ0v) is 11.9. The lowest BCUT2D eigenvalue weighted by Crippen LogP contribution is -2.29. The highest BCUT2D eigenvalue weighted by molar-refractivity contribution is 5.94. The average Bonchev–Trinajstić information content (AvgIpc) is 2.27. The second-order valence-electron chi connectivity index (χ2n) is 5.85. The molecule has 1 aromatic carbocycles. The van der Waals surface area contributed by atoms with Gasteiger partial charge in [-0.25, -0.2) is 4.79 Å². The summed E-state index contributed by atoms with van der Waals surface area (Å²) >= 11 is 0. The number of carboxylic acids is 1.